The summed E-state index contributed by atoms with van der Waals surface area (Å²) in [6.07, 6.45) is 0.202. The molecule has 60 valence electrons. The van der Waals surface area contributed by atoms with E-state index in [1.165, 1.54) is 0 Å². The topological polar surface area (TPSA) is 95.5 Å². The first-order valence-corrected chi connectivity index (χ1v) is 2.85. The van der Waals surface area contributed by atoms with E-state index < -0.39 is 24.1 Å². The van der Waals surface area contributed by atoms with Gasteiger partial charge in [0.1, 0.15) is 0 Å². The Morgan fingerprint density at radius 3 is 2.36 bits per heavy atom. The number of amides is 3. The molecule has 0 aliphatic carbocycles. The minimum Gasteiger partial charge on any atom is -0.393 e. The number of hydrogen-bond acceptors (Lipinski definition) is 4. The van der Waals surface area contributed by atoms with Crippen molar-refractivity contribution in [3.63, 3.8) is 0 Å². The van der Waals surface area contributed by atoms with Gasteiger partial charge in [0.25, 0.3) is 5.91 Å². The molecule has 1 fully saturated rings. The SMILES string of the molecule is O=CC1(CO)NC(=O)NC1=O. The van der Waals surface area contributed by atoms with Crippen LogP contribution in [0.4, 0.5) is 4.79 Å². The van der Waals surface area contributed by atoms with E-state index >= 15 is 0 Å². The smallest absolute Gasteiger partial charge is 0.322 e. The fourth-order valence-corrected chi connectivity index (χ4v) is 0.737. The molecule has 1 aliphatic rings. The van der Waals surface area contributed by atoms with E-state index in [0.717, 1.165) is 0 Å². The molecule has 0 bridgehead atoms. The third-order valence-electron chi connectivity index (χ3n) is 1.42. The molecule has 0 radical (unpaired) electrons. The van der Waals surface area contributed by atoms with Crippen molar-refractivity contribution in [2.75, 3.05) is 6.61 Å². The summed E-state index contributed by atoms with van der Waals surface area (Å²) in [5.74, 6) is -0.819. The van der Waals surface area contributed by atoms with Crippen LogP contribution in [0.2, 0.25) is 0 Å². The lowest BCUT2D eigenvalue weighted by molar-refractivity contribution is -0.130. The van der Waals surface area contributed by atoms with Gasteiger partial charge >= 0.3 is 6.03 Å². The molecule has 11 heavy (non-hydrogen) atoms. The minimum atomic E-state index is -1.77. The van der Waals surface area contributed by atoms with Crippen molar-refractivity contribution in [2.24, 2.45) is 0 Å². The van der Waals surface area contributed by atoms with Crippen molar-refractivity contribution in [3.8, 4) is 0 Å². The van der Waals surface area contributed by atoms with Gasteiger partial charge < -0.3 is 15.2 Å². The average molecular weight is 158 g/mol. The molecule has 1 unspecified atom stereocenters. The number of urea groups is 1. The Bertz CT molecular complexity index is 227. The second kappa shape index (κ2) is 2.31. The maximum absolute atomic E-state index is 10.8. The molecule has 3 amide bonds. The van der Waals surface area contributed by atoms with Crippen LogP contribution < -0.4 is 10.6 Å². The summed E-state index contributed by atoms with van der Waals surface area (Å²) in [4.78, 5) is 31.5. The van der Waals surface area contributed by atoms with Crippen molar-refractivity contribution in [1.29, 1.82) is 0 Å². The minimum absolute atomic E-state index is 0.202. The zero-order valence-corrected chi connectivity index (χ0v) is 5.46. The third kappa shape index (κ3) is 0.966. The monoisotopic (exact) mass is 158 g/mol. The Morgan fingerprint density at radius 2 is 2.18 bits per heavy atom. The van der Waals surface area contributed by atoms with Crippen LogP contribution in [0.25, 0.3) is 0 Å². The zero-order chi connectivity index (χ0) is 8.48. The summed E-state index contributed by atoms with van der Waals surface area (Å²) in [6.45, 7) is -0.728. The molecule has 1 aliphatic heterocycles. The predicted molar refractivity (Wildman–Crippen MR) is 32.6 cm³/mol. The number of carbonyl (C=O) groups is 3. The Labute approximate surface area is 61.6 Å². The number of imide groups is 1. The van der Waals surface area contributed by atoms with E-state index in [-0.39, 0.29) is 6.29 Å². The molecular formula is C5H6N2O4. The maximum Gasteiger partial charge on any atom is 0.322 e. The summed E-state index contributed by atoms with van der Waals surface area (Å²) in [5.41, 5.74) is -1.77. The summed E-state index contributed by atoms with van der Waals surface area (Å²) >= 11 is 0. The van der Waals surface area contributed by atoms with Crippen LogP contribution in [0.1, 0.15) is 0 Å². The first kappa shape index (κ1) is 7.67. The molecule has 3 N–H and O–H groups in total. The summed E-state index contributed by atoms with van der Waals surface area (Å²) in [6, 6.07) is -0.767. The molecule has 6 heteroatoms. The molecule has 1 heterocycles. The molecule has 0 aromatic rings. The number of carbonyl (C=O) groups excluding carboxylic acids is 3. The van der Waals surface area contributed by atoms with Crippen molar-refractivity contribution in [1.82, 2.24) is 10.6 Å². The Kier molecular flexibility index (Phi) is 1.61. The van der Waals surface area contributed by atoms with Crippen LogP contribution in [-0.4, -0.2) is 35.5 Å². The molecule has 0 saturated carbocycles. The van der Waals surface area contributed by atoms with Crippen molar-refractivity contribution in [3.05, 3.63) is 0 Å². The lowest BCUT2D eigenvalue weighted by Gasteiger charge is -2.13. The van der Waals surface area contributed by atoms with E-state index in [1.54, 1.807) is 0 Å². The third-order valence-corrected chi connectivity index (χ3v) is 1.42. The number of hydrogen-bond donors (Lipinski definition) is 3. The standard InChI is InChI=1S/C5H6N2O4/c8-1-5(2-9)3(10)6-4(11)7-5/h1,9H,2H2,(H2,6,7,10,11). The van der Waals surface area contributed by atoms with Crippen molar-refractivity contribution in [2.45, 2.75) is 5.54 Å². The number of aldehydes is 1. The van der Waals surface area contributed by atoms with Gasteiger partial charge in [-0.15, -0.1) is 0 Å². The van der Waals surface area contributed by atoms with Gasteiger partial charge in [-0.3, -0.25) is 10.1 Å². The highest BCUT2D eigenvalue weighted by Gasteiger charge is 2.45. The van der Waals surface area contributed by atoms with Gasteiger partial charge in [-0.1, -0.05) is 0 Å². The van der Waals surface area contributed by atoms with Crippen molar-refractivity contribution >= 4 is 18.2 Å². The first-order valence-electron chi connectivity index (χ1n) is 2.85. The normalized spacial score (nSPS) is 29.5. The fourth-order valence-electron chi connectivity index (χ4n) is 0.737. The average Bonchev–Trinajstić information content (AvgIpc) is 2.27. The highest BCUT2D eigenvalue weighted by molar-refractivity contribution is 6.15. The predicted octanol–water partition coefficient (Wildman–Crippen LogP) is -2.24. The van der Waals surface area contributed by atoms with E-state index in [4.69, 9.17) is 5.11 Å². The number of rotatable bonds is 2. The van der Waals surface area contributed by atoms with Crippen LogP contribution in [0.5, 0.6) is 0 Å². The number of aliphatic hydroxyl groups excluding tert-OH is 1. The second-order valence-corrected chi connectivity index (χ2v) is 2.16. The Hall–Kier alpha value is -1.43. The maximum atomic E-state index is 10.8. The summed E-state index contributed by atoms with van der Waals surface area (Å²) in [5, 5.41) is 12.4. The second-order valence-electron chi connectivity index (χ2n) is 2.16. The van der Waals surface area contributed by atoms with Crippen LogP contribution in [0.3, 0.4) is 0 Å². The molecule has 0 spiro atoms. The molecule has 0 aromatic heterocycles. The summed E-state index contributed by atoms with van der Waals surface area (Å²) < 4.78 is 0. The first-order chi connectivity index (χ1) is 5.14. The van der Waals surface area contributed by atoms with Gasteiger partial charge in [-0.05, 0) is 0 Å². The van der Waals surface area contributed by atoms with Crippen LogP contribution in [0, 0.1) is 0 Å². The highest BCUT2D eigenvalue weighted by atomic mass is 16.3. The van der Waals surface area contributed by atoms with Crippen LogP contribution in [0.15, 0.2) is 0 Å². The Balaban J connectivity index is 2.93. The van der Waals surface area contributed by atoms with Gasteiger partial charge in [0.15, 0.2) is 11.8 Å². The van der Waals surface area contributed by atoms with E-state index in [0.29, 0.717) is 0 Å². The molecule has 1 rings (SSSR count). The van der Waals surface area contributed by atoms with Crippen LogP contribution >= 0.6 is 0 Å². The van der Waals surface area contributed by atoms with E-state index in [1.807, 2.05) is 10.6 Å². The lowest BCUT2D eigenvalue weighted by Crippen LogP contribution is -2.51. The summed E-state index contributed by atoms with van der Waals surface area (Å²) in [7, 11) is 0. The van der Waals surface area contributed by atoms with Gasteiger partial charge in [-0.25, -0.2) is 4.79 Å². The van der Waals surface area contributed by atoms with E-state index in [2.05, 4.69) is 0 Å². The molecule has 1 atom stereocenters. The largest absolute Gasteiger partial charge is 0.393 e. The highest BCUT2D eigenvalue weighted by Crippen LogP contribution is 2.05. The van der Waals surface area contributed by atoms with Crippen LogP contribution in [-0.2, 0) is 9.59 Å². The molecule has 6 nitrogen and oxygen atoms in total. The molecular weight excluding hydrogens is 152 g/mol. The van der Waals surface area contributed by atoms with Gasteiger partial charge in [-0.2, -0.15) is 0 Å². The lowest BCUT2D eigenvalue weighted by atomic mass is 10.0. The van der Waals surface area contributed by atoms with E-state index in [9.17, 15) is 14.4 Å². The zero-order valence-electron chi connectivity index (χ0n) is 5.46. The number of aliphatic hydroxyl groups is 1. The molecule has 0 aromatic carbocycles. The van der Waals surface area contributed by atoms with Gasteiger partial charge in [0, 0.05) is 0 Å². The number of nitrogens with one attached hydrogen (secondary N) is 2. The van der Waals surface area contributed by atoms with Gasteiger partial charge in [0.05, 0.1) is 6.61 Å². The molecule has 1 saturated heterocycles. The Morgan fingerprint density at radius 1 is 1.55 bits per heavy atom. The van der Waals surface area contributed by atoms with Gasteiger partial charge in [0.2, 0.25) is 0 Å². The van der Waals surface area contributed by atoms with Crippen molar-refractivity contribution < 1.29 is 19.5 Å². The quantitative estimate of drug-likeness (QED) is 0.240. The fraction of sp³-hybridized carbons (Fsp3) is 0.400.